The molecule has 0 saturated carbocycles. The van der Waals surface area contributed by atoms with E-state index in [9.17, 15) is 9.59 Å². The van der Waals surface area contributed by atoms with Crippen LogP contribution in [0.25, 0.3) is 0 Å². The van der Waals surface area contributed by atoms with Crippen LogP contribution in [-0.4, -0.2) is 40.0 Å². The molecule has 1 aromatic rings. The summed E-state index contributed by atoms with van der Waals surface area (Å²) in [5.41, 5.74) is 0.280. The number of aliphatic carboxylic acids is 1. The Morgan fingerprint density at radius 2 is 2.35 bits per heavy atom. The van der Waals surface area contributed by atoms with Crippen molar-refractivity contribution in [2.75, 3.05) is 12.0 Å². The number of nitrogens with zero attached hydrogens (tertiary/aromatic N) is 1. The van der Waals surface area contributed by atoms with Gasteiger partial charge in [-0.25, -0.2) is 9.78 Å². The van der Waals surface area contributed by atoms with E-state index in [0.717, 1.165) is 5.01 Å². The second-order valence-electron chi connectivity index (χ2n) is 3.40. The molecule has 1 heterocycles. The van der Waals surface area contributed by atoms with Crippen molar-refractivity contribution in [1.29, 1.82) is 0 Å². The Hall–Kier alpha value is -1.08. The normalized spacial score (nSPS) is 12.1. The minimum atomic E-state index is -1.01. The molecule has 0 aliphatic heterocycles. The average molecular weight is 274 g/mol. The van der Waals surface area contributed by atoms with E-state index in [4.69, 9.17) is 5.11 Å². The number of carbonyl (C=O) groups excluding carboxylic acids is 1. The first-order valence-electron chi connectivity index (χ1n) is 4.99. The molecular formula is C10H14N2O3S2. The maximum atomic E-state index is 11.7. The number of aromatic nitrogens is 1. The van der Waals surface area contributed by atoms with Crippen molar-refractivity contribution in [2.45, 2.75) is 19.4 Å². The topological polar surface area (TPSA) is 79.3 Å². The molecule has 0 saturated heterocycles. The molecule has 0 aromatic carbocycles. The molecule has 1 atom stereocenters. The molecule has 17 heavy (non-hydrogen) atoms. The van der Waals surface area contributed by atoms with Crippen LogP contribution >= 0.6 is 23.1 Å². The van der Waals surface area contributed by atoms with Crippen molar-refractivity contribution in [3.63, 3.8) is 0 Å². The van der Waals surface area contributed by atoms with Gasteiger partial charge in [-0.3, -0.25) is 4.79 Å². The van der Waals surface area contributed by atoms with Crippen LogP contribution in [0.3, 0.4) is 0 Å². The Morgan fingerprint density at radius 3 is 2.82 bits per heavy atom. The molecule has 1 rings (SSSR count). The van der Waals surface area contributed by atoms with Crippen molar-refractivity contribution in [3.8, 4) is 0 Å². The number of carbonyl (C=O) groups is 2. The second kappa shape index (κ2) is 6.61. The number of hydrogen-bond acceptors (Lipinski definition) is 5. The highest BCUT2D eigenvalue weighted by Gasteiger charge is 2.21. The zero-order valence-electron chi connectivity index (χ0n) is 9.60. The Bertz CT molecular complexity index is 406. The Kier molecular flexibility index (Phi) is 5.43. The number of thioether (sulfide) groups is 1. The van der Waals surface area contributed by atoms with Crippen LogP contribution in [0.15, 0.2) is 5.38 Å². The van der Waals surface area contributed by atoms with E-state index in [2.05, 4.69) is 10.3 Å². The molecule has 0 spiro atoms. The number of carboxylic acids is 1. The molecule has 5 nitrogen and oxygen atoms in total. The summed E-state index contributed by atoms with van der Waals surface area (Å²) in [5, 5.41) is 13.8. The van der Waals surface area contributed by atoms with Crippen LogP contribution in [-0.2, 0) is 4.79 Å². The first-order chi connectivity index (χ1) is 8.04. The average Bonchev–Trinajstić information content (AvgIpc) is 2.70. The number of aryl methyl sites for hydroxylation is 1. The molecule has 1 amide bonds. The van der Waals surface area contributed by atoms with Crippen molar-refractivity contribution in [1.82, 2.24) is 10.3 Å². The van der Waals surface area contributed by atoms with E-state index < -0.39 is 17.9 Å². The van der Waals surface area contributed by atoms with E-state index >= 15 is 0 Å². The van der Waals surface area contributed by atoms with E-state index in [1.165, 1.54) is 11.3 Å². The summed E-state index contributed by atoms with van der Waals surface area (Å²) in [7, 11) is 0. The summed E-state index contributed by atoms with van der Waals surface area (Å²) >= 11 is 2.91. The number of nitrogens with one attached hydrogen (secondary N) is 1. The number of thiazole rings is 1. The highest BCUT2D eigenvalue weighted by molar-refractivity contribution is 7.98. The molecule has 2 N–H and O–H groups in total. The predicted octanol–water partition coefficient (Wildman–Crippen LogP) is 1.39. The Balaban J connectivity index is 2.60. The van der Waals surface area contributed by atoms with Crippen molar-refractivity contribution >= 4 is 35.0 Å². The number of rotatable bonds is 6. The van der Waals surface area contributed by atoms with Crippen LogP contribution in [0, 0.1) is 6.92 Å². The lowest BCUT2D eigenvalue weighted by Gasteiger charge is -2.12. The third-order valence-corrected chi connectivity index (χ3v) is 3.48. The highest BCUT2D eigenvalue weighted by atomic mass is 32.2. The lowest BCUT2D eigenvalue weighted by molar-refractivity contribution is -0.139. The summed E-state index contributed by atoms with van der Waals surface area (Å²) < 4.78 is 0. The largest absolute Gasteiger partial charge is 0.480 e. The van der Waals surface area contributed by atoms with Gasteiger partial charge in [0.1, 0.15) is 11.7 Å². The fraction of sp³-hybridized carbons (Fsp3) is 0.500. The molecule has 0 aliphatic carbocycles. The van der Waals surface area contributed by atoms with Crippen molar-refractivity contribution in [3.05, 3.63) is 16.1 Å². The van der Waals surface area contributed by atoms with Crippen LogP contribution < -0.4 is 5.32 Å². The Morgan fingerprint density at radius 1 is 1.65 bits per heavy atom. The van der Waals surface area contributed by atoms with Gasteiger partial charge in [-0.1, -0.05) is 0 Å². The van der Waals surface area contributed by atoms with Crippen molar-refractivity contribution < 1.29 is 14.7 Å². The van der Waals surface area contributed by atoms with E-state index in [1.807, 2.05) is 6.26 Å². The maximum Gasteiger partial charge on any atom is 0.326 e. The number of carboxylic acid groups (broad SMARTS) is 1. The van der Waals surface area contributed by atoms with Gasteiger partial charge in [0.05, 0.1) is 5.01 Å². The maximum absolute atomic E-state index is 11.7. The van der Waals surface area contributed by atoms with Crippen molar-refractivity contribution in [2.24, 2.45) is 0 Å². The van der Waals surface area contributed by atoms with E-state index in [1.54, 1.807) is 24.1 Å². The van der Waals surface area contributed by atoms with Crippen LogP contribution in [0.5, 0.6) is 0 Å². The van der Waals surface area contributed by atoms with Crippen LogP contribution in [0.1, 0.15) is 21.9 Å². The first kappa shape index (κ1) is 14.0. The lowest BCUT2D eigenvalue weighted by atomic mass is 10.2. The SMILES string of the molecule is CSCC[C@@H](NC(=O)c1csc(C)n1)C(=O)O. The third kappa shape index (κ3) is 4.35. The summed E-state index contributed by atoms with van der Waals surface area (Å²) in [6, 6.07) is -0.850. The molecule has 0 unspecified atom stereocenters. The quantitative estimate of drug-likeness (QED) is 0.819. The molecule has 1 aromatic heterocycles. The van der Waals surface area contributed by atoms with Gasteiger partial charge in [-0.2, -0.15) is 11.8 Å². The predicted molar refractivity (Wildman–Crippen MR) is 68.7 cm³/mol. The Labute approximate surface area is 108 Å². The molecule has 0 fully saturated rings. The van der Waals surface area contributed by atoms with E-state index in [0.29, 0.717) is 12.2 Å². The molecule has 0 aliphatic rings. The summed E-state index contributed by atoms with van der Waals surface area (Å²) in [5.74, 6) is -0.755. The first-order valence-corrected chi connectivity index (χ1v) is 7.26. The van der Waals surface area contributed by atoms with E-state index in [-0.39, 0.29) is 5.69 Å². The fourth-order valence-electron chi connectivity index (χ4n) is 1.19. The van der Waals surface area contributed by atoms with Gasteiger partial charge in [-0.05, 0) is 25.4 Å². The van der Waals surface area contributed by atoms with Gasteiger partial charge in [-0.15, -0.1) is 11.3 Å². The smallest absolute Gasteiger partial charge is 0.326 e. The monoisotopic (exact) mass is 274 g/mol. The lowest BCUT2D eigenvalue weighted by Crippen LogP contribution is -2.41. The summed E-state index contributed by atoms with van der Waals surface area (Å²) in [6.07, 6.45) is 2.30. The zero-order valence-corrected chi connectivity index (χ0v) is 11.2. The van der Waals surface area contributed by atoms with Crippen LogP contribution in [0.4, 0.5) is 0 Å². The fourth-order valence-corrected chi connectivity index (χ4v) is 2.26. The van der Waals surface area contributed by atoms with Gasteiger partial charge >= 0.3 is 5.97 Å². The van der Waals surface area contributed by atoms with Gasteiger partial charge in [0.25, 0.3) is 5.91 Å². The molecule has 7 heteroatoms. The number of hydrogen-bond donors (Lipinski definition) is 2. The van der Waals surface area contributed by atoms with Crippen LogP contribution in [0.2, 0.25) is 0 Å². The summed E-state index contributed by atoms with van der Waals surface area (Å²) in [4.78, 5) is 26.6. The van der Waals surface area contributed by atoms with Gasteiger partial charge in [0.15, 0.2) is 0 Å². The second-order valence-corrected chi connectivity index (χ2v) is 5.45. The molecular weight excluding hydrogens is 260 g/mol. The standard InChI is InChI=1S/C10H14N2O3S2/c1-6-11-8(5-17-6)9(13)12-7(10(14)15)3-4-16-2/h5,7H,3-4H2,1-2H3,(H,12,13)(H,14,15)/t7-/m1/s1. The number of amides is 1. The molecule has 0 bridgehead atoms. The summed E-state index contributed by atoms with van der Waals surface area (Å²) in [6.45, 7) is 1.80. The third-order valence-electron chi connectivity index (χ3n) is 2.07. The zero-order chi connectivity index (χ0) is 12.8. The molecule has 94 valence electrons. The minimum Gasteiger partial charge on any atom is -0.480 e. The van der Waals surface area contributed by atoms with Gasteiger partial charge in [0, 0.05) is 5.38 Å². The minimum absolute atomic E-state index is 0.280. The van der Waals surface area contributed by atoms with Gasteiger partial charge in [0.2, 0.25) is 0 Å². The van der Waals surface area contributed by atoms with Gasteiger partial charge < -0.3 is 10.4 Å². The highest BCUT2D eigenvalue weighted by Crippen LogP contribution is 2.08. The molecule has 0 radical (unpaired) electrons.